The Hall–Kier alpha value is -1.81. The van der Waals surface area contributed by atoms with Crippen LogP contribution in [0, 0.1) is 0 Å². The Morgan fingerprint density at radius 2 is 1.72 bits per heavy atom. The minimum absolute atomic E-state index is 0.604. The van der Waals surface area contributed by atoms with Gasteiger partial charge in [-0.15, -0.1) is 0 Å². The van der Waals surface area contributed by atoms with E-state index in [-0.39, 0.29) is 0 Å². The number of piperidine rings is 1. The summed E-state index contributed by atoms with van der Waals surface area (Å²) in [6, 6.07) is 4.25. The molecule has 0 bridgehead atoms. The van der Waals surface area contributed by atoms with Crippen LogP contribution in [0.1, 0.15) is 24.5 Å². The van der Waals surface area contributed by atoms with Crippen molar-refractivity contribution in [1.82, 2.24) is 20.3 Å². The third-order valence-electron chi connectivity index (χ3n) is 3.44. The fraction of sp³-hybridized carbons (Fsp3) is 0.357. The van der Waals surface area contributed by atoms with Crippen molar-refractivity contribution in [2.75, 3.05) is 13.1 Å². The Kier molecular flexibility index (Phi) is 3.28. The molecule has 0 radical (unpaired) electrons. The highest BCUT2D eigenvalue weighted by molar-refractivity contribution is 5.60. The molecule has 1 aliphatic rings. The van der Waals surface area contributed by atoms with Gasteiger partial charge in [0.1, 0.15) is 6.33 Å². The lowest BCUT2D eigenvalue weighted by molar-refractivity contribution is 0.453. The molecule has 0 saturated carbocycles. The molecule has 92 valence electrons. The van der Waals surface area contributed by atoms with Gasteiger partial charge in [-0.2, -0.15) is 0 Å². The van der Waals surface area contributed by atoms with Gasteiger partial charge in [0.2, 0.25) is 0 Å². The first kappa shape index (κ1) is 11.3. The normalized spacial score (nSPS) is 16.7. The van der Waals surface area contributed by atoms with Crippen LogP contribution in [0.2, 0.25) is 0 Å². The second-order valence-corrected chi connectivity index (χ2v) is 4.62. The molecule has 18 heavy (non-hydrogen) atoms. The average Bonchev–Trinajstić information content (AvgIpc) is 2.49. The van der Waals surface area contributed by atoms with Gasteiger partial charge in [-0.1, -0.05) is 6.07 Å². The topological polar surface area (TPSA) is 50.7 Å². The van der Waals surface area contributed by atoms with Crippen molar-refractivity contribution in [2.45, 2.75) is 18.8 Å². The van der Waals surface area contributed by atoms with Crippen LogP contribution in [0.4, 0.5) is 0 Å². The summed E-state index contributed by atoms with van der Waals surface area (Å²) >= 11 is 0. The summed E-state index contributed by atoms with van der Waals surface area (Å²) < 4.78 is 0. The molecule has 4 heteroatoms. The van der Waals surface area contributed by atoms with Crippen LogP contribution >= 0.6 is 0 Å². The zero-order chi connectivity index (χ0) is 12.2. The molecule has 2 aromatic heterocycles. The summed E-state index contributed by atoms with van der Waals surface area (Å²) in [6.45, 7) is 2.20. The second-order valence-electron chi connectivity index (χ2n) is 4.62. The van der Waals surface area contributed by atoms with Gasteiger partial charge in [-0.3, -0.25) is 4.98 Å². The first-order valence-corrected chi connectivity index (χ1v) is 6.35. The van der Waals surface area contributed by atoms with Crippen molar-refractivity contribution in [3.63, 3.8) is 0 Å². The van der Waals surface area contributed by atoms with Crippen LogP contribution in [0.15, 0.2) is 37.1 Å². The average molecular weight is 240 g/mol. The molecule has 0 unspecified atom stereocenters. The second kappa shape index (κ2) is 5.23. The minimum Gasteiger partial charge on any atom is -0.317 e. The lowest BCUT2D eigenvalue weighted by Crippen LogP contribution is -2.26. The lowest BCUT2D eigenvalue weighted by Gasteiger charge is -2.22. The van der Waals surface area contributed by atoms with Crippen molar-refractivity contribution < 1.29 is 0 Å². The summed E-state index contributed by atoms with van der Waals surface area (Å²) in [5.74, 6) is 0.604. The van der Waals surface area contributed by atoms with E-state index in [2.05, 4.69) is 32.4 Å². The molecule has 0 spiro atoms. The van der Waals surface area contributed by atoms with Gasteiger partial charge in [0.15, 0.2) is 0 Å². The highest BCUT2D eigenvalue weighted by Gasteiger charge is 2.16. The molecule has 1 N–H and O–H groups in total. The molecular weight excluding hydrogens is 224 g/mol. The van der Waals surface area contributed by atoms with E-state index in [1.165, 1.54) is 18.5 Å². The Morgan fingerprint density at radius 3 is 2.39 bits per heavy atom. The highest BCUT2D eigenvalue weighted by Crippen LogP contribution is 2.25. The van der Waals surface area contributed by atoms with E-state index in [4.69, 9.17) is 0 Å². The quantitative estimate of drug-likeness (QED) is 0.872. The van der Waals surface area contributed by atoms with Crippen molar-refractivity contribution in [3.05, 3.63) is 42.7 Å². The van der Waals surface area contributed by atoms with Gasteiger partial charge in [0, 0.05) is 41.3 Å². The zero-order valence-electron chi connectivity index (χ0n) is 10.2. The maximum atomic E-state index is 4.60. The monoisotopic (exact) mass is 240 g/mol. The van der Waals surface area contributed by atoms with E-state index in [0.717, 1.165) is 24.2 Å². The predicted molar refractivity (Wildman–Crippen MR) is 70.1 cm³/mol. The number of rotatable bonds is 2. The first-order chi connectivity index (χ1) is 8.93. The van der Waals surface area contributed by atoms with Crippen molar-refractivity contribution >= 4 is 0 Å². The van der Waals surface area contributed by atoms with E-state index >= 15 is 0 Å². The van der Waals surface area contributed by atoms with Gasteiger partial charge in [0.25, 0.3) is 0 Å². The maximum Gasteiger partial charge on any atom is 0.115 e. The summed E-state index contributed by atoms with van der Waals surface area (Å²) in [5.41, 5.74) is 3.30. The molecule has 0 aliphatic carbocycles. The lowest BCUT2D eigenvalue weighted by atomic mass is 9.94. The summed E-state index contributed by atoms with van der Waals surface area (Å²) in [4.78, 5) is 12.6. The first-order valence-electron chi connectivity index (χ1n) is 6.35. The van der Waals surface area contributed by atoms with E-state index in [0.29, 0.717) is 5.92 Å². The Labute approximate surface area is 107 Å². The molecule has 3 heterocycles. The van der Waals surface area contributed by atoms with E-state index in [1.54, 1.807) is 6.33 Å². The number of pyridine rings is 1. The largest absolute Gasteiger partial charge is 0.317 e. The standard InChI is InChI=1S/C14H16N4/c1-2-14(11-3-5-15-6-4-11)18-9-12(1)13-7-16-10-17-8-13/h1-2,7-11,15H,3-6H2. The van der Waals surface area contributed by atoms with Crippen LogP contribution in [0.25, 0.3) is 11.1 Å². The summed E-state index contributed by atoms with van der Waals surface area (Å²) in [5, 5.41) is 3.38. The fourth-order valence-electron chi connectivity index (χ4n) is 2.38. The molecule has 0 atom stereocenters. The highest BCUT2D eigenvalue weighted by atomic mass is 14.9. The van der Waals surface area contributed by atoms with Crippen LogP contribution in [-0.4, -0.2) is 28.0 Å². The fourth-order valence-corrected chi connectivity index (χ4v) is 2.38. The SMILES string of the molecule is c1ncc(-c2ccc(C3CCNCC3)nc2)cn1. The molecule has 3 rings (SSSR count). The molecule has 0 aromatic carbocycles. The zero-order valence-corrected chi connectivity index (χ0v) is 10.2. The van der Waals surface area contributed by atoms with Crippen LogP contribution in [0.3, 0.4) is 0 Å². The van der Waals surface area contributed by atoms with Gasteiger partial charge in [-0.05, 0) is 32.0 Å². The Morgan fingerprint density at radius 1 is 0.944 bits per heavy atom. The molecule has 1 fully saturated rings. The molecule has 2 aromatic rings. The smallest absolute Gasteiger partial charge is 0.115 e. The van der Waals surface area contributed by atoms with Gasteiger partial charge >= 0.3 is 0 Å². The number of hydrogen-bond donors (Lipinski definition) is 1. The van der Waals surface area contributed by atoms with Crippen LogP contribution in [-0.2, 0) is 0 Å². The van der Waals surface area contributed by atoms with Crippen LogP contribution < -0.4 is 5.32 Å². The Balaban J connectivity index is 1.80. The van der Waals surface area contributed by atoms with E-state index in [9.17, 15) is 0 Å². The van der Waals surface area contributed by atoms with Gasteiger partial charge < -0.3 is 5.32 Å². The van der Waals surface area contributed by atoms with E-state index < -0.39 is 0 Å². The molecule has 4 nitrogen and oxygen atoms in total. The number of nitrogens with one attached hydrogen (secondary N) is 1. The summed E-state index contributed by atoms with van der Waals surface area (Å²) in [7, 11) is 0. The number of nitrogens with zero attached hydrogens (tertiary/aromatic N) is 3. The Bertz CT molecular complexity index is 489. The predicted octanol–water partition coefficient (Wildman–Crippen LogP) is 2.01. The number of aromatic nitrogens is 3. The minimum atomic E-state index is 0.604. The van der Waals surface area contributed by atoms with Crippen LogP contribution in [0.5, 0.6) is 0 Å². The third-order valence-corrected chi connectivity index (χ3v) is 3.44. The number of hydrogen-bond acceptors (Lipinski definition) is 4. The molecule has 1 aliphatic heterocycles. The van der Waals surface area contributed by atoms with Gasteiger partial charge in [0.05, 0.1) is 0 Å². The van der Waals surface area contributed by atoms with Crippen molar-refractivity contribution in [3.8, 4) is 11.1 Å². The summed E-state index contributed by atoms with van der Waals surface area (Å²) in [6.07, 6.45) is 9.46. The third kappa shape index (κ3) is 2.38. The maximum absolute atomic E-state index is 4.60. The molecular formula is C14H16N4. The van der Waals surface area contributed by atoms with E-state index in [1.807, 2.05) is 18.6 Å². The van der Waals surface area contributed by atoms with Crippen molar-refractivity contribution in [2.24, 2.45) is 0 Å². The van der Waals surface area contributed by atoms with Crippen molar-refractivity contribution in [1.29, 1.82) is 0 Å². The van der Waals surface area contributed by atoms with Gasteiger partial charge in [-0.25, -0.2) is 9.97 Å². The molecule has 1 saturated heterocycles. The molecule has 0 amide bonds.